The Morgan fingerprint density at radius 2 is 1.96 bits per heavy atom. The van der Waals surface area contributed by atoms with Crippen molar-refractivity contribution in [3.63, 3.8) is 0 Å². The Kier molecular flexibility index (Phi) is 4.51. The predicted molar refractivity (Wildman–Crippen MR) is 81.2 cm³/mol. The minimum atomic E-state index is -4.72. The second-order valence-electron chi connectivity index (χ2n) is 5.14. The van der Waals surface area contributed by atoms with Crippen molar-refractivity contribution in [2.75, 3.05) is 19.0 Å². The summed E-state index contributed by atoms with van der Waals surface area (Å²) in [6.45, 7) is 0.692. The molecule has 1 atom stereocenters. The summed E-state index contributed by atoms with van der Waals surface area (Å²) in [6, 6.07) is 5.64. The molecule has 1 N–H and O–H groups in total. The smallest absolute Gasteiger partial charge is 0.406 e. The Morgan fingerprint density at radius 1 is 1.25 bits per heavy atom. The average molecular weight is 360 g/mol. The van der Waals surface area contributed by atoms with Gasteiger partial charge in [-0.3, -0.25) is 0 Å². The summed E-state index contributed by atoms with van der Waals surface area (Å²) in [6.07, 6.45) is -4.72. The molecule has 0 bridgehead atoms. The number of aromatic nitrogens is 2. The van der Waals surface area contributed by atoms with E-state index in [-0.39, 0.29) is 17.0 Å². The van der Waals surface area contributed by atoms with Gasteiger partial charge in [-0.05, 0) is 29.3 Å². The van der Waals surface area contributed by atoms with Gasteiger partial charge in [0, 0.05) is 12.6 Å². The number of halogens is 4. The number of nitrogens with zero attached hydrogens (tertiary/aromatic N) is 2. The van der Waals surface area contributed by atoms with Crippen LogP contribution in [0.25, 0.3) is 0 Å². The van der Waals surface area contributed by atoms with Crippen LogP contribution in [0.2, 0.25) is 5.28 Å². The number of ether oxygens (including phenoxy) is 2. The van der Waals surface area contributed by atoms with Crippen molar-refractivity contribution in [3.8, 4) is 5.75 Å². The third kappa shape index (κ3) is 3.54. The number of anilines is 1. The van der Waals surface area contributed by atoms with E-state index < -0.39 is 6.36 Å². The first-order chi connectivity index (χ1) is 11.4. The maximum absolute atomic E-state index is 12.2. The van der Waals surface area contributed by atoms with Crippen LogP contribution in [-0.4, -0.2) is 30.0 Å². The predicted octanol–water partition coefficient (Wildman–Crippen LogP) is 3.73. The van der Waals surface area contributed by atoms with Crippen LogP contribution in [0.1, 0.15) is 22.7 Å². The first-order valence-electron chi connectivity index (χ1n) is 7.05. The number of benzene rings is 1. The monoisotopic (exact) mass is 359 g/mol. The summed E-state index contributed by atoms with van der Waals surface area (Å²) in [7, 11) is 1.71. The summed E-state index contributed by atoms with van der Waals surface area (Å²) < 4.78 is 46.2. The molecule has 128 valence electrons. The van der Waals surface area contributed by atoms with E-state index >= 15 is 0 Å². The van der Waals surface area contributed by atoms with Crippen LogP contribution in [0, 0.1) is 0 Å². The number of alkyl halides is 3. The molecule has 0 fully saturated rings. The summed E-state index contributed by atoms with van der Waals surface area (Å²) in [4.78, 5) is 8.39. The summed E-state index contributed by atoms with van der Waals surface area (Å²) in [5.41, 5.74) is 2.24. The number of fused-ring (bicyclic) bond motifs is 1. The topological polar surface area (TPSA) is 56.3 Å². The highest BCUT2D eigenvalue weighted by Crippen LogP contribution is 2.35. The highest BCUT2D eigenvalue weighted by atomic mass is 35.5. The van der Waals surface area contributed by atoms with E-state index in [1.54, 1.807) is 19.2 Å². The molecule has 9 heteroatoms. The molecule has 0 radical (unpaired) electrons. The lowest BCUT2D eigenvalue weighted by Gasteiger charge is -2.26. The van der Waals surface area contributed by atoms with Gasteiger partial charge in [0.2, 0.25) is 5.28 Å². The summed E-state index contributed by atoms with van der Waals surface area (Å²) in [5.74, 6) is 0.0489. The first kappa shape index (κ1) is 16.8. The van der Waals surface area contributed by atoms with Crippen molar-refractivity contribution < 1.29 is 22.6 Å². The van der Waals surface area contributed by atoms with E-state index in [0.717, 1.165) is 11.1 Å². The Labute approximate surface area is 140 Å². The molecule has 0 amide bonds. The van der Waals surface area contributed by atoms with Crippen molar-refractivity contribution in [1.82, 2.24) is 9.97 Å². The molecule has 3 rings (SSSR count). The summed E-state index contributed by atoms with van der Waals surface area (Å²) in [5, 5.41) is 3.04. The zero-order chi connectivity index (χ0) is 17.3. The van der Waals surface area contributed by atoms with Gasteiger partial charge in [0.05, 0.1) is 24.8 Å². The van der Waals surface area contributed by atoms with E-state index in [2.05, 4.69) is 20.0 Å². The molecule has 1 aliphatic rings. The van der Waals surface area contributed by atoms with E-state index in [1.807, 2.05) is 0 Å². The quantitative estimate of drug-likeness (QED) is 0.846. The minimum absolute atomic E-state index is 0.0991. The maximum atomic E-state index is 12.2. The molecule has 1 aromatic heterocycles. The third-order valence-electron chi connectivity index (χ3n) is 3.63. The van der Waals surface area contributed by atoms with Crippen LogP contribution in [0.15, 0.2) is 24.3 Å². The number of rotatable bonds is 3. The second-order valence-corrected chi connectivity index (χ2v) is 5.48. The molecular weight excluding hydrogens is 347 g/mol. The highest BCUT2D eigenvalue weighted by Gasteiger charge is 2.31. The molecule has 1 aliphatic heterocycles. The number of nitrogens with one attached hydrogen (secondary N) is 1. The van der Waals surface area contributed by atoms with Crippen molar-refractivity contribution in [2.45, 2.75) is 18.9 Å². The highest BCUT2D eigenvalue weighted by molar-refractivity contribution is 6.28. The fourth-order valence-corrected chi connectivity index (χ4v) is 2.80. The van der Waals surface area contributed by atoms with Gasteiger partial charge in [0.25, 0.3) is 0 Å². The van der Waals surface area contributed by atoms with Gasteiger partial charge in [-0.25, -0.2) is 9.97 Å². The van der Waals surface area contributed by atoms with E-state index in [4.69, 9.17) is 16.3 Å². The standard InChI is InChI=1S/C15H13ClF3N3O2/c1-20-13-11-7-23-6-10(12(11)21-14(16)22-13)8-2-4-9(5-3-8)24-15(17,18)19/h2-5,10H,6-7H2,1H3,(H,20,21,22). The molecule has 5 nitrogen and oxygen atoms in total. The molecule has 2 heterocycles. The number of hydrogen-bond donors (Lipinski definition) is 1. The van der Waals surface area contributed by atoms with Gasteiger partial charge in [0.1, 0.15) is 11.6 Å². The zero-order valence-electron chi connectivity index (χ0n) is 12.5. The van der Waals surface area contributed by atoms with E-state index in [1.165, 1.54) is 12.1 Å². The molecule has 0 saturated carbocycles. The lowest BCUT2D eigenvalue weighted by Crippen LogP contribution is -2.22. The summed E-state index contributed by atoms with van der Waals surface area (Å²) >= 11 is 5.96. The number of hydrogen-bond acceptors (Lipinski definition) is 5. The van der Waals surface area contributed by atoms with Crippen molar-refractivity contribution >= 4 is 17.4 Å². The maximum Gasteiger partial charge on any atom is 0.573 e. The molecular formula is C15H13ClF3N3O2. The van der Waals surface area contributed by atoms with E-state index in [9.17, 15) is 13.2 Å². The van der Waals surface area contributed by atoms with Crippen LogP contribution in [0.4, 0.5) is 19.0 Å². The normalized spacial score (nSPS) is 17.3. The molecule has 2 aromatic rings. The lowest BCUT2D eigenvalue weighted by molar-refractivity contribution is -0.274. The molecule has 1 unspecified atom stereocenters. The molecule has 0 aliphatic carbocycles. The van der Waals surface area contributed by atoms with Crippen molar-refractivity contribution in [3.05, 3.63) is 46.4 Å². The van der Waals surface area contributed by atoms with Gasteiger partial charge in [-0.1, -0.05) is 12.1 Å². The Morgan fingerprint density at radius 3 is 2.58 bits per heavy atom. The second kappa shape index (κ2) is 6.45. The Hall–Kier alpha value is -2.06. The fraction of sp³-hybridized carbons (Fsp3) is 0.333. The van der Waals surface area contributed by atoms with Gasteiger partial charge in [-0.15, -0.1) is 13.2 Å². The Bertz CT molecular complexity index is 738. The lowest BCUT2D eigenvalue weighted by atomic mass is 9.91. The van der Waals surface area contributed by atoms with Crippen LogP contribution >= 0.6 is 11.6 Å². The third-order valence-corrected chi connectivity index (χ3v) is 3.79. The molecule has 0 spiro atoms. The fourth-order valence-electron chi connectivity index (χ4n) is 2.62. The molecule has 1 aromatic carbocycles. The largest absolute Gasteiger partial charge is 0.573 e. The van der Waals surface area contributed by atoms with Crippen molar-refractivity contribution in [1.29, 1.82) is 0 Å². The van der Waals surface area contributed by atoms with Gasteiger partial charge < -0.3 is 14.8 Å². The first-order valence-corrected chi connectivity index (χ1v) is 7.42. The van der Waals surface area contributed by atoms with Gasteiger partial charge in [-0.2, -0.15) is 0 Å². The van der Waals surface area contributed by atoms with E-state index in [0.29, 0.717) is 24.7 Å². The van der Waals surface area contributed by atoms with Crippen molar-refractivity contribution in [2.24, 2.45) is 0 Å². The van der Waals surface area contributed by atoms with Crippen LogP contribution < -0.4 is 10.1 Å². The minimum Gasteiger partial charge on any atom is -0.406 e. The SMILES string of the molecule is CNc1nc(Cl)nc2c1COCC2c1ccc(OC(F)(F)F)cc1. The average Bonchev–Trinajstić information content (AvgIpc) is 2.53. The van der Waals surface area contributed by atoms with Gasteiger partial charge >= 0.3 is 6.36 Å². The Balaban J connectivity index is 1.93. The van der Waals surface area contributed by atoms with Crippen LogP contribution in [-0.2, 0) is 11.3 Å². The van der Waals surface area contributed by atoms with Crippen LogP contribution in [0.3, 0.4) is 0 Å². The van der Waals surface area contributed by atoms with Gasteiger partial charge in [0.15, 0.2) is 0 Å². The molecule has 24 heavy (non-hydrogen) atoms. The molecule has 0 saturated heterocycles. The zero-order valence-corrected chi connectivity index (χ0v) is 13.3. The van der Waals surface area contributed by atoms with Crippen LogP contribution in [0.5, 0.6) is 5.75 Å².